The van der Waals surface area contributed by atoms with Gasteiger partial charge >= 0.3 is 0 Å². The van der Waals surface area contributed by atoms with Gasteiger partial charge in [0.25, 0.3) is 0 Å². The highest BCUT2D eigenvalue weighted by Gasteiger charge is 2.20. The third kappa shape index (κ3) is 2.80. The van der Waals surface area contributed by atoms with Crippen molar-refractivity contribution in [2.24, 2.45) is 0 Å². The average molecular weight is 246 g/mol. The van der Waals surface area contributed by atoms with Crippen molar-refractivity contribution >= 4 is 5.95 Å². The maximum absolute atomic E-state index is 4.40. The van der Waals surface area contributed by atoms with Gasteiger partial charge in [0.2, 0.25) is 5.95 Å². The van der Waals surface area contributed by atoms with Crippen LogP contribution in [0.1, 0.15) is 50.0 Å². The molecule has 4 heteroatoms. The van der Waals surface area contributed by atoms with E-state index in [9.17, 15) is 0 Å². The summed E-state index contributed by atoms with van der Waals surface area (Å²) in [5.74, 6) is 1.50. The largest absolute Gasteiger partial charge is 0.354 e. The van der Waals surface area contributed by atoms with Crippen molar-refractivity contribution in [1.29, 1.82) is 0 Å². The van der Waals surface area contributed by atoms with E-state index in [1.807, 2.05) is 12.4 Å². The Kier molecular flexibility index (Phi) is 3.74. The van der Waals surface area contributed by atoms with Crippen LogP contribution in [-0.4, -0.2) is 29.1 Å². The van der Waals surface area contributed by atoms with Crippen molar-refractivity contribution < 1.29 is 0 Å². The van der Waals surface area contributed by atoms with E-state index in [0.29, 0.717) is 6.04 Å². The van der Waals surface area contributed by atoms with Gasteiger partial charge in [-0.2, -0.15) is 0 Å². The normalized spacial score (nSPS) is 23.9. The maximum Gasteiger partial charge on any atom is 0.222 e. The highest BCUT2D eigenvalue weighted by Crippen LogP contribution is 2.35. The predicted octanol–water partition coefficient (Wildman–Crippen LogP) is 2.30. The van der Waals surface area contributed by atoms with Crippen LogP contribution in [-0.2, 0) is 0 Å². The van der Waals surface area contributed by atoms with Gasteiger partial charge in [-0.15, -0.1) is 0 Å². The maximum atomic E-state index is 4.40. The molecule has 0 radical (unpaired) electrons. The Bertz CT molecular complexity index is 366. The summed E-state index contributed by atoms with van der Waals surface area (Å²) in [6.07, 6.45) is 11.8. The number of anilines is 1. The summed E-state index contributed by atoms with van der Waals surface area (Å²) >= 11 is 0. The molecule has 1 atom stereocenters. The van der Waals surface area contributed by atoms with Gasteiger partial charge in [-0.25, -0.2) is 9.97 Å². The monoisotopic (exact) mass is 246 g/mol. The Labute approximate surface area is 109 Å². The zero-order chi connectivity index (χ0) is 12.2. The second-order valence-electron chi connectivity index (χ2n) is 5.48. The number of nitrogens with one attached hydrogen (secondary N) is 2. The van der Waals surface area contributed by atoms with Crippen molar-refractivity contribution in [3.05, 3.63) is 18.0 Å². The molecule has 2 aliphatic rings. The molecule has 0 bridgehead atoms. The fourth-order valence-corrected chi connectivity index (χ4v) is 2.74. The lowest BCUT2D eigenvalue weighted by molar-refractivity contribution is 0.418. The van der Waals surface area contributed by atoms with E-state index in [0.717, 1.165) is 24.8 Å². The molecule has 98 valence electrons. The fourth-order valence-electron chi connectivity index (χ4n) is 2.74. The van der Waals surface area contributed by atoms with Crippen LogP contribution >= 0.6 is 0 Å². The van der Waals surface area contributed by atoms with Crippen molar-refractivity contribution in [2.45, 2.75) is 50.5 Å². The number of hydrogen-bond acceptors (Lipinski definition) is 4. The van der Waals surface area contributed by atoms with Gasteiger partial charge < -0.3 is 10.6 Å². The van der Waals surface area contributed by atoms with Gasteiger partial charge in [0.15, 0.2) is 0 Å². The topological polar surface area (TPSA) is 49.8 Å². The summed E-state index contributed by atoms with van der Waals surface area (Å²) < 4.78 is 0. The SMILES string of the molecule is c1nc(NCCC2CCCN2)ncc1C1CCC1. The van der Waals surface area contributed by atoms with Crippen LogP contribution in [0.25, 0.3) is 0 Å². The quantitative estimate of drug-likeness (QED) is 0.837. The zero-order valence-electron chi connectivity index (χ0n) is 10.9. The first-order valence-corrected chi connectivity index (χ1v) is 7.21. The first-order valence-electron chi connectivity index (χ1n) is 7.21. The molecule has 0 aromatic carbocycles. The third-order valence-electron chi connectivity index (χ3n) is 4.19. The molecule has 1 saturated carbocycles. The standard InChI is InChI=1S/C14H22N4/c1-3-11(4-1)12-9-17-14(18-10-12)16-8-6-13-5-2-7-15-13/h9-11,13,15H,1-8H2,(H,16,17,18). The van der Waals surface area contributed by atoms with E-state index in [2.05, 4.69) is 20.6 Å². The summed E-state index contributed by atoms with van der Waals surface area (Å²) in [5.41, 5.74) is 1.31. The number of nitrogens with zero attached hydrogens (tertiary/aromatic N) is 2. The van der Waals surface area contributed by atoms with E-state index in [1.54, 1.807) is 0 Å². The van der Waals surface area contributed by atoms with Gasteiger partial charge in [-0.1, -0.05) is 6.42 Å². The summed E-state index contributed by atoms with van der Waals surface area (Å²) in [6, 6.07) is 0.687. The van der Waals surface area contributed by atoms with Gasteiger partial charge in [-0.05, 0) is 50.1 Å². The van der Waals surface area contributed by atoms with Crippen molar-refractivity contribution in [1.82, 2.24) is 15.3 Å². The lowest BCUT2D eigenvalue weighted by Gasteiger charge is -2.24. The second-order valence-corrected chi connectivity index (χ2v) is 5.48. The molecule has 18 heavy (non-hydrogen) atoms. The summed E-state index contributed by atoms with van der Waals surface area (Å²) in [4.78, 5) is 8.81. The Morgan fingerprint density at radius 3 is 2.61 bits per heavy atom. The predicted molar refractivity (Wildman–Crippen MR) is 72.8 cm³/mol. The molecule has 1 aliphatic heterocycles. The van der Waals surface area contributed by atoms with Gasteiger partial charge in [0, 0.05) is 25.0 Å². The summed E-state index contributed by atoms with van der Waals surface area (Å²) in [5, 5.41) is 6.81. The lowest BCUT2D eigenvalue weighted by atomic mass is 9.81. The third-order valence-corrected chi connectivity index (χ3v) is 4.19. The van der Waals surface area contributed by atoms with Crippen LogP contribution in [0.4, 0.5) is 5.95 Å². The van der Waals surface area contributed by atoms with Crippen LogP contribution < -0.4 is 10.6 Å². The van der Waals surface area contributed by atoms with E-state index < -0.39 is 0 Å². The minimum absolute atomic E-state index is 0.687. The molecule has 1 aliphatic carbocycles. The van der Waals surface area contributed by atoms with Gasteiger partial charge in [0.05, 0.1) is 0 Å². The lowest BCUT2D eigenvalue weighted by Crippen LogP contribution is -2.24. The van der Waals surface area contributed by atoms with Crippen LogP contribution in [0.3, 0.4) is 0 Å². The van der Waals surface area contributed by atoms with E-state index in [4.69, 9.17) is 0 Å². The smallest absolute Gasteiger partial charge is 0.222 e. The van der Waals surface area contributed by atoms with Crippen LogP contribution in [0.15, 0.2) is 12.4 Å². The average Bonchev–Trinajstić information content (AvgIpc) is 2.82. The minimum atomic E-state index is 0.687. The Balaban J connectivity index is 1.44. The zero-order valence-corrected chi connectivity index (χ0v) is 10.9. The van der Waals surface area contributed by atoms with Gasteiger partial charge in [-0.3, -0.25) is 0 Å². The summed E-state index contributed by atoms with van der Waals surface area (Å²) in [6.45, 7) is 2.14. The molecule has 0 amide bonds. The molecule has 1 unspecified atom stereocenters. The number of aromatic nitrogens is 2. The minimum Gasteiger partial charge on any atom is -0.354 e. The Morgan fingerprint density at radius 2 is 2.00 bits per heavy atom. The molecule has 1 aromatic rings. The highest BCUT2D eigenvalue weighted by molar-refractivity contribution is 5.26. The van der Waals surface area contributed by atoms with Gasteiger partial charge in [0.1, 0.15) is 0 Å². The van der Waals surface area contributed by atoms with E-state index in [-0.39, 0.29) is 0 Å². The molecule has 3 rings (SSSR count). The molecule has 2 heterocycles. The first kappa shape index (κ1) is 11.9. The van der Waals surface area contributed by atoms with Crippen molar-refractivity contribution in [3.8, 4) is 0 Å². The Morgan fingerprint density at radius 1 is 1.17 bits per heavy atom. The fraction of sp³-hybridized carbons (Fsp3) is 0.714. The van der Waals surface area contributed by atoms with Crippen LogP contribution in [0.5, 0.6) is 0 Å². The second kappa shape index (κ2) is 5.65. The first-order chi connectivity index (χ1) is 8.92. The number of rotatable bonds is 5. The van der Waals surface area contributed by atoms with E-state index >= 15 is 0 Å². The molecule has 4 nitrogen and oxygen atoms in total. The molecule has 2 fully saturated rings. The molecular weight excluding hydrogens is 224 g/mol. The highest BCUT2D eigenvalue weighted by atomic mass is 15.1. The molecule has 1 saturated heterocycles. The Hall–Kier alpha value is -1.16. The molecular formula is C14H22N4. The van der Waals surface area contributed by atoms with Crippen molar-refractivity contribution in [2.75, 3.05) is 18.4 Å². The molecule has 0 spiro atoms. The summed E-state index contributed by atoms with van der Waals surface area (Å²) in [7, 11) is 0. The van der Waals surface area contributed by atoms with Crippen molar-refractivity contribution in [3.63, 3.8) is 0 Å². The van der Waals surface area contributed by atoms with E-state index in [1.165, 1.54) is 44.2 Å². The number of hydrogen-bond donors (Lipinski definition) is 2. The van der Waals surface area contributed by atoms with Crippen LogP contribution in [0.2, 0.25) is 0 Å². The molecule has 2 N–H and O–H groups in total. The van der Waals surface area contributed by atoms with Crippen LogP contribution in [0, 0.1) is 0 Å². The molecule has 1 aromatic heterocycles.